The largest absolute Gasteiger partial charge is 0.341 e. The number of imidazole rings is 1. The second kappa shape index (κ2) is 5.14. The first kappa shape index (κ1) is 12.9. The van der Waals surface area contributed by atoms with Gasteiger partial charge in [0.05, 0.1) is 17.6 Å². The zero-order valence-corrected chi connectivity index (χ0v) is 12.2. The molecule has 2 atom stereocenters. The molecule has 3 nitrogen and oxygen atoms in total. The van der Waals surface area contributed by atoms with E-state index in [1.165, 1.54) is 19.5 Å². The summed E-state index contributed by atoms with van der Waals surface area (Å²) < 4.78 is 0. The first-order valence-electron chi connectivity index (χ1n) is 6.96. The van der Waals surface area contributed by atoms with E-state index in [1.807, 2.05) is 18.2 Å². The van der Waals surface area contributed by atoms with Gasteiger partial charge in [-0.25, -0.2) is 4.98 Å². The molecule has 2 unspecified atom stereocenters. The molecule has 0 amide bonds. The molecule has 4 heteroatoms. The number of hydrogen-bond donors (Lipinski definition) is 1. The van der Waals surface area contributed by atoms with E-state index >= 15 is 0 Å². The van der Waals surface area contributed by atoms with Crippen LogP contribution < -0.4 is 0 Å². The number of H-pyrrole nitrogens is 1. The highest BCUT2D eigenvalue weighted by molar-refractivity contribution is 6.31. The molecular formula is C15H20ClN3. The van der Waals surface area contributed by atoms with Crippen molar-refractivity contribution >= 4 is 22.6 Å². The summed E-state index contributed by atoms with van der Waals surface area (Å²) in [4.78, 5) is 10.5. The Kier molecular flexibility index (Phi) is 3.50. The number of aromatic amines is 1. The summed E-state index contributed by atoms with van der Waals surface area (Å²) in [7, 11) is 0. The predicted octanol–water partition coefficient (Wildman–Crippen LogP) is 3.69. The highest BCUT2D eigenvalue weighted by atomic mass is 35.5. The van der Waals surface area contributed by atoms with Crippen LogP contribution in [0.5, 0.6) is 0 Å². The van der Waals surface area contributed by atoms with Crippen LogP contribution in [0.2, 0.25) is 5.02 Å². The van der Waals surface area contributed by atoms with Crippen molar-refractivity contribution in [1.29, 1.82) is 0 Å². The van der Waals surface area contributed by atoms with Crippen molar-refractivity contribution < 1.29 is 0 Å². The number of fused-ring (bicyclic) bond motifs is 1. The predicted molar refractivity (Wildman–Crippen MR) is 79.3 cm³/mol. The van der Waals surface area contributed by atoms with Gasteiger partial charge in [0.1, 0.15) is 5.82 Å². The monoisotopic (exact) mass is 277 g/mol. The summed E-state index contributed by atoms with van der Waals surface area (Å²) >= 11 is 6.00. The number of nitrogens with one attached hydrogen (secondary N) is 1. The second-order valence-electron chi connectivity index (χ2n) is 5.99. The minimum Gasteiger partial charge on any atom is -0.341 e. The topological polar surface area (TPSA) is 31.9 Å². The molecule has 1 saturated heterocycles. The molecule has 2 heterocycles. The normalized spacial score (nSPS) is 25.0. The van der Waals surface area contributed by atoms with Crippen LogP contribution in [-0.2, 0) is 6.54 Å². The van der Waals surface area contributed by atoms with Crippen molar-refractivity contribution in [2.75, 3.05) is 13.1 Å². The van der Waals surface area contributed by atoms with Gasteiger partial charge in [-0.05, 0) is 36.5 Å². The number of likely N-dealkylation sites (tertiary alicyclic amines) is 1. The molecule has 1 N–H and O–H groups in total. The number of benzene rings is 1. The van der Waals surface area contributed by atoms with E-state index in [0.29, 0.717) is 0 Å². The Bertz CT molecular complexity index is 568. The summed E-state index contributed by atoms with van der Waals surface area (Å²) in [5, 5.41) is 0.753. The summed E-state index contributed by atoms with van der Waals surface area (Å²) in [5.41, 5.74) is 2.03. The molecule has 1 aliphatic heterocycles. The van der Waals surface area contributed by atoms with E-state index in [-0.39, 0.29) is 0 Å². The van der Waals surface area contributed by atoms with Gasteiger partial charge in [0.25, 0.3) is 0 Å². The maximum absolute atomic E-state index is 6.00. The Hall–Kier alpha value is -1.06. The highest BCUT2D eigenvalue weighted by Gasteiger charge is 2.22. The maximum atomic E-state index is 6.00. The van der Waals surface area contributed by atoms with Gasteiger partial charge in [-0.1, -0.05) is 25.4 Å². The summed E-state index contributed by atoms with van der Waals surface area (Å²) in [6.45, 7) is 7.91. The zero-order valence-electron chi connectivity index (χ0n) is 11.5. The highest BCUT2D eigenvalue weighted by Crippen LogP contribution is 2.23. The van der Waals surface area contributed by atoms with Crippen LogP contribution in [-0.4, -0.2) is 28.0 Å². The van der Waals surface area contributed by atoms with Crippen LogP contribution in [0.25, 0.3) is 11.0 Å². The zero-order chi connectivity index (χ0) is 13.4. The molecule has 0 bridgehead atoms. The van der Waals surface area contributed by atoms with Gasteiger partial charge >= 0.3 is 0 Å². The Morgan fingerprint density at radius 1 is 1.32 bits per heavy atom. The lowest BCUT2D eigenvalue weighted by molar-refractivity contribution is 0.132. The fraction of sp³-hybridized carbons (Fsp3) is 0.533. The maximum Gasteiger partial charge on any atom is 0.121 e. The molecule has 1 aliphatic rings. The SMILES string of the molecule is CC1CC(C)CN(Cc2nc3ccc(Cl)cc3[nH]2)C1. The first-order valence-corrected chi connectivity index (χ1v) is 7.34. The summed E-state index contributed by atoms with van der Waals surface area (Å²) in [6.07, 6.45) is 1.34. The third-order valence-electron chi connectivity index (χ3n) is 3.81. The molecule has 1 fully saturated rings. The van der Waals surface area contributed by atoms with Crippen molar-refractivity contribution in [1.82, 2.24) is 14.9 Å². The van der Waals surface area contributed by atoms with Crippen LogP contribution in [0.15, 0.2) is 18.2 Å². The number of aromatic nitrogens is 2. The quantitative estimate of drug-likeness (QED) is 0.908. The molecule has 19 heavy (non-hydrogen) atoms. The van der Waals surface area contributed by atoms with Crippen molar-refractivity contribution in [3.63, 3.8) is 0 Å². The minimum absolute atomic E-state index is 0.753. The average molecular weight is 278 g/mol. The molecule has 3 rings (SSSR count). The van der Waals surface area contributed by atoms with Gasteiger partial charge in [-0.15, -0.1) is 0 Å². The number of halogens is 1. The van der Waals surface area contributed by atoms with Crippen LogP contribution in [0.1, 0.15) is 26.1 Å². The van der Waals surface area contributed by atoms with Gasteiger partial charge in [0, 0.05) is 18.1 Å². The van der Waals surface area contributed by atoms with E-state index in [4.69, 9.17) is 11.6 Å². The lowest BCUT2D eigenvalue weighted by atomic mass is 9.92. The van der Waals surface area contributed by atoms with E-state index in [2.05, 4.69) is 28.7 Å². The lowest BCUT2D eigenvalue weighted by Crippen LogP contribution is -2.38. The molecule has 102 valence electrons. The number of piperidine rings is 1. The number of rotatable bonds is 2. The molecule has 0 aliphatic carbocycles. The van der Waals surface area contributed by atoms with Crippen molar-refractivity contribution in [3.05, 3.63) is 29.0 Å². The molecule has 2 aromatic rings. The molecular weight excluding hydrogens is 258 g/mol. The molecule has 1 aromatic carbocycles. The fourth-order valence-corrected chi connectivity index (χ4v) is 3.41. The van der Waals surface area contributed by atoms with Gasteiger partial charge < -0.3 is 4.98 Å². The Morgan fingerprint density at radius 3 is 2.79 bits per heavy atom. The molecule has 0 saturated carbocycles. The van der Waals surface area contributed by atoms with Crippen LogP contribution in [0, 0.1) is 11.8 Å². The van der Waals surface area contributed by atoms with Crippen molar-refractivity contribution in [2.45, 2.75) is 26.8 Å². The van der Waals surface area contributed by atoms with Gasteiger partial charge in [0.2, 0.25) is 0 Å². The lowest BCUT2D eigenvalue weighted by Gasteiger charge is -2.34. The average Bonchev–Trinajstić information content (AvgIpc) is 2.68. The fourth-order valence-electron chi connectivity index (χ4n) is 3.24. The van der Waals surface area contributed by atoms with E-state index in [1.54, 1.807) is 0 Å². The minimum atomic E-state index is 0.753. The smallest absolute Gasteiger partial charge is 0.121 e. The van der Waals surface area contributed by atoms with Crippen molar-refractivity contribution in [3.8, 4) is 0 Å². The van der Waals surface area contributed by atoms with Crippen LogP contribution in [0.4, 0.5) is 0 Å². The molecule has 0 radical (unpaired) electrons. The first-order chi connectivity index (χ1) is 9.10. The van der Waals surface area contributed by atoms with E-state index in [9.17, 15) is 0 Å². The van der Waals surface area contributed by atoms with Gasteiger partial charge in [-0.2, -0.15) is 0 Å². The molecule has 0 spiro atoms. The van der Waals surface area contributed by atoms with E-state index < -0.39 is 0 Å². The summed E-state index contributed by atoms with van der Waals surface area (Å²) in [6, 6.07) is 5.80. The summed E-state index contributed by atoms with van der Waals surface area (Å²) in [5.74, 6) is 2.60. The Balaban J connectivity index is 1.77. The second-order valence-corrected chi connectivity index (χ2v) is 6.42. The third-order valence-corrected chi connectivity index (χ3v) is 4.05. The van der Waals surface area contributed by atoms with Gasteiger partial charge in [0.15, 0.2) is 0 Å². The van der Waals surface area contributed by atoms with Gasteiger partial charge in [-0.3, -0.25) is 4.90 Å². The Morgan fingerprint density at radius 2 is 2.05 bits per heavy atom. The van der Waals surface area contributed by atoms with Crippen LogP contribution in [0.3, 0.4) is 0 Å². The standard InChI is InChI=1S/C15H20ClN3/c1-10-5-11(2)8-19(7-10)9-15-17-13-4-3-12(16)6-14(13)18-15/h3-4,6,10-11H,5,7-9H2,1-2H3,(H,17,18). The Labute approximate surface area is 119 Å². The number of nitrogens with zero attached hydrogens (tertiary/aromatic N) is 2. The molecule has 1 aromatic heterocycles. The third kappa shape index (κ3) is 2.93. The number of hydrogen-bond acceptors (Lipinski definition) is 2. The van der Waals surface area contributed by atoms with Crippen molar-refractivity contribution in [2.24, 2.45) is 11.8 Å². The van der Waals surface area contributed by atoms with Crippen LogP contribution >= 0.6 is 11.6 Å². The van der Waals surface area contributed by atoms with E-state index in [0.717, 1.165) is 40.3 Å².